The molecule has 0 spiro atoms. The molecule has 0 saturated heterocycles. The van der Waals surface area contributed by atoms with Crippen LogP contribution in [0.4, 0.5) is 0 Å². The molecule has 2 aromatic rings. The summed E-state index contributed by atoms with van der Waals surface area (Å²) in [6, 6.07) is 6.19. The molecule has 7 heteroatoms. The molecular weight excluding hydrogens is 260 g/mol. The van der Waals surface area contributed by atoms with Crippen LogP contribution in [0.2, 0.25) is 0 Å². The quantitative estimate of drug-likeness (QED) is 0.745. The van der Waals surface area contributed by atoms with Crippen molar-refractivity contribution in [1.29, 1.82) is 0 Å². The second-order valence-electron chi connectivity index (χ2n) is 4.30. The van der Waals surface area contributed by atoms with Gasteiger partial charge in [0, 0.05) is 50.7 Å². The largest absolute Gasteiger partial charge is 0.331 e. The highest BCUT2D eigenvalue weighted by molar-refractivity contribution is 4.93. The Morgan fingerprint density at radius 2 is 1.60 bits per heavy atom. The van der Waals surface area contributed by atoms with Crippen LogP contribution in [0.3, 0.4) is 0 Å². The fourth-order valence-corrected chi connectivity index (χ4v) is 1.92. The van der Waals surface area contributed by atoms with Gasteiger partial charge < -0.3 is 10.3 Å². The van der Waals surface area contributed by atoms with E-state index in [1.54, 1.807) is 18.3 Å². The van der Waals surface area contributed by atoms with Crippen LogP contribution < -0.4 is 22.5 Å². The fourth-order valence-electron chi connectivity index (χ4n) is 1.92. The molecule has 2 heterocycles. The van der Waals surface area contributed by atoms with Gasteiger partial charge in [0.15, 0.2) is 0 Å². The normalized spacial score (nSPS) is 10.7. The maximum atomic E-state index is 12.1. The van der Waals surface area contributed by atoms with Gasteiger partial charge in [0.05, 0.1) is 0 Å². The third kappa shape index (κ3) is 2.94. The minimum absolute atomic E-state index is 0.129. The highest BCUT2D eigenvalue weighted by Crippen LogP contribution is 1.86. The van der Waals surface area contributed by atoms with E-state index in [2.05, 4.69) is 0 Å². The fraction of sp³-hybridized carbons (Fsp3) is 0.308. The lowest BCUT2D eigenvalue weighted by Gasteiger charge is -2.10. The molecule has 2 aromatic heterocycles. The van der Waals surface area contributed by atoms with E-state index >= 15 is 0 Å². The topological polar surface area (TPSA) is 92.0 Å². The molecule has 0 atom stereocenters. The zero-order valence-electron chi connectivity index (χ0n) is 10.9. The van der Waals surface area contributed by atoms with Crippen molar-refractivity contribution in [3.8, 4) is 0 Å². The molecule has 0 amide bonds. The lowest BCUT2D eigenvalue weighted by Crippen LogP contribution is -2.41. The first-order valence-corrected chi connectivity index (χ1v) is 6.29. The molecule has 7 nitrogen and oxygen atoms in total. The number of nitrogens with zero attached hydrogens (tertiary/aromatic N) is 3. The molecular formula is C13H16N4O3. The summed E-state index contributed by atoms with van der Waals surface area (Å²) in [5, 5.41) is 0. The van der Waals surface area contributed by atoms with E-state index in [0.29, 0.717) is 13.1 Å². The summed E-state index contributed by atoms with van der Waals surface area (Å²) < 4.78 is 4.00. The van der Waals surface area contributed by atoms with Crippen molar-refractivity contribution in [3.05, 3.63) is 67.9 Å². The Morgan fingerprint density at radius 3 is 2.30 bits per heavy atom. The molecule has 0 fully saturated rings. The maximum Gasteiger partial charge on any atom is 0.331 e. The average molecular weight is 276 g/mol. The van der Waals surface area contributed by atoms with Crippen molar-refractivity contribution in [2.45, 2.75) is 19.6 Å². The molecule has 0 aromatic carbocycles. The third-order valence-corrected chi connectivity index (χ3v) is 2.97. The second-order valence-corrected chi connectivity index (χ2v) is 4.30. The Morgan fingerprint density at radius 1 is 0.850 bits per heavy atom. The highest BCUT2D eigenvalue weighted by Gasteiger charge is 2.04. The Hall–Kier alpha value is -2.41. The van der Waals surface area contributed by atoms with E-state index in [1.165, 1.54) is 27.5 Å². The molecule has 0 aliphatic heterocycles. The van der Waals surface area contributed by atoms with Gasteiger partial charge in [0.25, 0.3) is 11.1 Å². The van der Waals surface area contributed by atoms with Crippen LogP contribution >= 0.6 is 0 Å². The summed E-state index contributed by atoms with van der Waals surface area (Å²) in [6.07, 6.45) is 3.09. The number of hydrogen-bond donors (Lipinski definition) is 1. The zero-order chi connectivity index (χ0) is 14.5. The van der Waals surface area contributed by atoms with Gasteiger partial charge in [-0.25, -0.2) is 4.79 Å². The number of aromatic nitrogens is 3. The van der Waals surface area contributed by atoms with E-state index in [0.717, 1.165) is 4.57 Å². The Kier molecular flexibility index (Phi) is 4.31. The Labute approximate surface area is 114 Å². The van der Waals surface area contributed by atoms with Gasteiger partial charge in [0.1, 0.15) is 0 Å². The first-order valence-electron chi connectivity index (χ1n) is 6.29. The molecule has 0 saturated carbocycles. The predicted octanol–water partition coefficient (Wildman–Crippen LogP) is -1.17. The Bertz CT molecular complexity index is 757. The van der Waals surface area contributed by atoms with E-state index in [4.69, 9.17) is 5.73 Å². The van der Waals surface area contributed by atoms with E-state index in [-0.39, 0.29) is 24.2 Å². The van der Waals surface area contributed by atoms with Crippen LogP contribution in [0.25, 0.3) is 0 Å². The highest BCUT2D eigenvalue weighted by atomic mass is 16.2. The first-order chi connectivity index (χ1) is 9.63. The number of hydrogen-bond acceptors (Lipinski definition) is 4. The van der Waals surface area contributed by atoms with E-state index in [1.807, 2.05) is 0 Å². The van der Waals surface area contributed by atoms with Crippen LogP contribution in [-0.4, -0.2) is 20.2 Å². The lowest BCUT2D eigenvalue weighted by molar-refractivity contribution is 0.507. The Balaban J connectivity index is 2.25. The van der Waals surface area contributed by atoms with Crippen molar-refractivity contribution < 1.29 is 0 Å². The van der Waals surface area contributed by atoms with Crippen molar-refractivity contribution in [3.63, 3.8) is 0 Å². The van der Waals surface area contributed by atoms with Crippen molar-refractivity contribution in [1.82, 2.24) is 13.7 Å². The summed E-state index contributed by atoms with van der Waals surface area (Å²) >= 11 is 0. The number of rotatable bonds is 5. The van der Waals surface area contributed by atoms with Gasteiger partial charge >= 0.3 is 5.69 Å². The van der Waals surface area contributed by atoms with Gasteiger partial charge in [-0.3, -0.25) is 18.7 Å². The molecule has 0 radical (unpaired) electrons. The van der Waals surface area contributed by atoms with Gasteiger partial charge in [-0.05, 0) is 6.07 Å². The molecule has 0 unspecified atom stereocenters. The lowest BCUT2D eigenvalue weighted by atomic mass is 10.4. The van der Waals surface area contributed by atoms with Gasteiger partial charge in [0.2, 0.25) is 0 Å². The van der Waals surface area contributed by atoms with Crippen LogP contribution in [0.15, 0.2) is 51.0 Å². The van der Waals surface area contributed by atoms with Gasteiger partial charge in [-0.2, -0.15) is 0 Å². The summed E-state index contributed by atoms with van der Waals surface area (Å²) in [6.45, 7) is 1.08. The maximum absolute atomic E-state index is 12.1. The molecule has 2 rings (SSSR count). The van der Waals surface area contributed by atoms with E-state index < -0.39 is 5.69 Å². The average Bonchev–Trinajstić information content (AvgIpc) is 2.44. The minimum atomic E-state index is -0.410. The van der Waals surface area contributed by atoms with Crippen LogP contribution in [-0.2, 0) is 19.6 Å². The van der Waals surface area contributed by atoms with E-state index in [9.17, 15) is 14.4 Å². The minimum Gasteiger partial charge on any atom is -0.329 e. The summed E-state index contributed by atoms with van der Waals surface area (Å²) in [4.78, 5) is 35.2. The SMILES string of the molecule is NCCn1c(=O)ccn(CCn2ccccc2=O)c1=O. The van der Waals surface area contributed by atoms with Crippen molar-refractivity contribution >= 4 is 0 Å². The van der Waals surface area contributed by atoms with Crippen molar-refractivity contribution in [2.24, 2.45) is 5.73 Å². The third-order valence-electron chi connectivity index (χ3n) is 2.97. The molecule has 0 bridgehead atoms. The van der Waals surface area contributed by atoms with Crippen LogP contribution in [0.1, 0.15) is 0 Å². The van der Waals surface area contributed by atoms with Crippen LogP contribution in [0, 0.1) is 0 Å². The standard InChI is InChI=1S/C13H16N4O3/c14-5-8-17-12(19)4-7-16(13(17)20)10-9-15-6-2-1-3-11(15)18/h1-4,6-7H,5,8-10,14H2. The predicted molar refractivity (Wildman–Crippen MR) is 74.7 cm³/mol. The summed E-state index contributed by atoms with van der Waals surface area (Å²) in [7, 11) is 0. The summed E-state index contributed by atoms with van der Waals surface area (Å²) in [5.74, 6) is 0. The smallest absolute Gasteiger partial charge is 0.329 e. The monoisotopic (exact) mass is 276 g/mol. The molecule has 2 N–H and O–H groups in total. The van der Waals surface area contributed by atoms with Crippen molar-refractivity contribution in [2.75, 3.05) is 6.54 Å². The molecule has 20 heavy (non-hydrogen) atoms. The van der Waals surface area contributed by atoms with Crippen LogP contribution in [0.5, 0.6) is 0 Å². The molecule has 0 aliphatic carbocycles. The number of nitrogens with two attached hydrogens (primary N) is 1. The molecule has 106 valence electrons. The van der Waals surface area contributed by atoms with Gasteiger partial charge in [-0.15, -0.1) is 0 Å². The second kappa shape index (κ2) is 6.16. The summed E-state index contributed by atoms with van der Waals surface area (Å²) in [5.41, 5.74) is 4.47. The van der Waals surface area contributed by atoms with Gasteiger partial charge in [-0.1, -0.05) is 6.07 Å². The number of pyridine rings is 1. The number of aryl methyl sites for hydroxylation is 2. The zero-order valence-corrected chi connectivity index (χ0v) is 10.9. The molecule has 0 aliphatic rings. The first kappa shape index (κ1) is 14.0.